The van der Waals surface area contributed by atoms with E-state index in [0.717, 1.165) is 17.7 Å². The largest absolute Gasteiger partial charge is 0.496 e. The van der Waals surface area contributed by atoms with Gasteiger partial charge in [-0.3, -0.25) is 0 Å². The van der Waals surface area contributed by atoms with Gasteiger partial charge >= 0.3 is 0 Å². The van der Waals surface area contributed by atoms with Crippen molar-refractivity contribution in [2.24, 2.45) is 0 Å². The van der Waals surface area contributed by atoms with Gasteiger partial charge in [0.2, 0.25) is 0 Å². The highest BCUT2D eigenvalue weighted by atomic mass is 16.5. The zero-order valence-electron chi connectivity index (χ0n) is 10.2. The van der Waals surface area contributed by atoms with E-state index in [1.165, 1.54) is 0 Å². The molecule has 0 saturated heterocycles. The van der Waals surface area contributed by atoms with E-state index < -0.39 is 5.60 Å². The van der Waals surface area contributed by atoms with Crippen LogP contribution in [0.5, 0.6) is 5.75 Å². The van der Waals surface area contributed by atoms with Gasteiger partial charge in [0.05, 0.1) is 12.7 Å². The first-order chi connectivity index (χ1) is 7.61. The summed E-state index contributed by atoms with van der Waals surface area (Å²) in [6, 6.07) is 7.56. The predicted molar refractivity (Wildman–Crippen MR) is 63.7 cm³/mol. The van der Waals surface area contributed by atoms with Crippen molar-refractivity contribution in [2.75, 3.05) is 20.8 Å². The van der Waals surface area contributed by atoms with Crippen LogP contribution in [0.2, 0.25) is 0 Å². The molecule has 0 heterocycles. The molecule has 0 spiro atoms. The van der Waals surface area contributed by atoms with Gasteiger partial charge in [0.15, 0.2) is 0 Å². The van der Waals surface area contributed by atoms with Crippen LogP contribution in [0.1, 0.15) is 25.3 Å². The van der Waals surface area contributed by atoms with Crippen LogP contribution in [-0.4, -0.2) is 25.9 Å². The average molecular weight is 224 g/mol. The van der Waals surface area contributed by atoms with Gasteiger partial charge in [-0.2, -0.15) is 0 Å². The lowest BCUT2D eigenvalue weighted by atomic mass is 9.90. The molecule has 0 radical (unpaired) electrons. The van der Waals surface area contributed by atoms with Crippen LogP contribution in [0.15, 0.2) is 24.3 Å². The lowest BCUT2D eigenvalue weighted by Gasteiger charge is -2.25. The number of hydrogen-bond donors (Lipinski definition) is 1. The number of benzene rings is 1. The van der Waals surface area contributed by atoms with Crippen molar-refractivity contribution < 1.29 is 14.6 Å². The topological polar surface area (TPSA) is 38.7 Å². The molecule has 1 aromatic rings. The van der Waals surface area contributed by atoms with E-state index in [1.54, 1.807) is 21.1 Å². The SMILES string of the molecule is COCCCC(C)(O)c1ccccc1OC. The molecule has 0 aromatic heterocycles. The Morgan fingerprint density at radius 3 is 2.56 bits per heavy atom. The van der Waals surface area contributed by atoms with E-state index in [1.807, 2.05) is 24.3 Å². The second-order valence-corrected chi connectivity index (χ2v) is 4.07. The third-order valence-electron chi connectivity index (χ3n) is 2.70. The summed E-state index contributed by atoms with van der Waals surface area (Å²) in [6.07, 6.45) is 1.47. The number of aliphatic hydroxyl groups is 1. The molecular weight excluding hydrogens is 204 g/mol. The van der Waals surface area contributed by atoms with Crippen LogP contribution < -0.4 is 4.74 Å². The third-order valence-corrected chi connectivity index (χ3v) is 2.70. The Hall–Kier alpha value is -1.06. The Labute approximate surface area is 97.0 Å². The first-order valence-electron chi connectivity index (χ1n) is 5.46. The Kier molecular flexibility index (Phi) is 4.77. The highest BCUT2D eigenvalue weighted by Crippen LogP contribution is 2.32. The number of ether oxygens (including phenoxy) is 2. The quantitative estimate of drug-likeness (QED) is 0.754. The Morgan fingerprint density at radius 1 is 1.25 bits per heavy atom. The van der Waals surface area contributed by atoms with Gasteiger partial charge in [0, 0.05) is 19.3 Å². The van der Waals surface area contributed by atoms with Crippen LogP contribution in [0.25, 0.3) is 0 Å². The molecule has 90 valence electrons. The Bertz CT molecular complexity index is 321. The monoisotopic (exact) mass is 224 g/mol. The van der Waals surface area contributed by atoms with E-state index in [9.17, 15) is 5.11 Å². The minimum atomic E-state index is -0.870. The molecule has 3 nitrogen and oxygen atoms in total. The summed E-state index contributed by atoms with van der Waals surface area (Å²) in [5.41, 5.74) is -0.0425. The molecule has 1 rings (SSSR count). The highest BCUT2D eigenvalue weighted by Gasteiger charge is 2.25. The fourth-order valence-electron chi connectivity index (χ4n) is 1.78. The maximum Gasteiger partial charge on any atom is 0.124 e. The zero-order valence-corrected chi connectivity index (χ0v) is 10.2. The first kappa shape index (κ1) is 13.0. The minimum Gasteiger partial charge on any atom is -0.496 e. The zero-order chi connectivity index (χ0) is 12.0. The molecular formula is C13H20O3. The van der Waals surface area contributed by atoms with Crippen molar-refractivity contribution in [1.29, 1.82) is 0 Å². The number of hydrogen-bond acceptors (Lipinski definition) is 3. The summed E-state index contributed by atoms with van der Waals surface area (Å²) in [7, 11) is 3.28. The number of methoxy groups -OCH3 is 2. The molecule has 0 aliphatic rings. The van der Waals surface area contributed by atoms with Gasteiger partial charge < -0.3 is 14.6 Å². The van der Waals surface area contributed by atoms with Crippen molar-refractivity contribution in [3.63, 3.8) is 0 Å². The summed E-state index contributed by atoms with van der Waals surface area (Å²) >= 11 is 0. The lowest BCUT2D eigenvalue weighted by molar-refractivity contribution is 0.0350. The fraction of sp³-hybridized carbons (Fsp3) is 0.538. The second kappa shape index (κ2) is 5.87. The first-order valence-corrected chi connectivity index (χ1v) is 5.46. The van der Waals surface area contributed by atoms with E-state index >= 15 is 0 Å². The number of para-hydroxylation sites is 1. The van der Waals surface area contributed by atoms with E-state index in [0.29, 0.717) is 13.0 Å². The highest BCUT2D eigenvalue weighted by molar-refractivity contribution is 5.37. The smallest absolute Gasteiger partial charge is 0.124 e. The maximum atomic E-state index is 10.4. The van der Waals surface area contributed by atoms with Crippen molar-refractivity contribution in [3.05, 3.63) is 29.8 Å². The molecule has 3 heteroatoms. The summed E-state index contributed by atoms with van der Waals surface area (Å²) in [4.78, 5) is 0. The Balaban J connectivity index is 2.79. The van der Waals surface area contributed by atoms with Gasteiger partial charge in [0.1, 0.15) is 5.75 Å². The van der Waals surface area contributed by atoms with E-state index in [-0.39, 0.29) is 0 Å². The molecule has 16 heavy (non-hydrogen) atoms. The minimum absolute atomic E-state index is 0.654. The summed E-state index contributed by atoms with van der Waals surface area (Å²) in [6.45, 7) is 2.46. The molecule has 1 N–H and O–H groups in total. The average Bonchev–Trinajstić information content (AvgIpc) is 2.29. The summed E-state index contributed by atoms with van der Waals surface area (Å²) in [5, 5.41) is 10.4. The number of rotatable bonds is 6. The molecule has 1 aromatic carbocycles. The standard InChI is InChI=1S/C13H20O3/c1-13(14,9-6-10-15-2)11-7-4-5-8-12(11)16-3/h4-5,7-8,14H,6,9-10H2,1-3H3. The molecule has 0 amide bonds. The molecule has 0 saturated carbocycles. The molecule has 0 aliphatic heterocycles. The van der Waals surface area contributed by atoms with Gasteiger partial charge in [-0.05, 0) is 25.8 Å². The van der Waals surface area contributed by atoms with Crippen LogP contribution in [0.3, 0.4) is 0 Å². The van der Waals surface area contributed by atoms with Crippen molar-refractivity contribution in [2.45, 2.75) is 25.4 Å². The molecule has 0 bridgehead atoms. The second-order valence-electron chi connectivity index (χ2n) is 4.07. The van der Waals surface area contributed by atoms with Crippen LogP contribution in [0, 0.1) is 0 Å². The molecule has 0 aliphatic carbocycles. The van der Waals surface area contributed by atoms with Gasteiger partial charge in [-0.1, -0.05) is 18.2 Å². The van der Waals surface area contributed by atoms with E-state index in [2.05, 4.69) is 0 Å². The third kappa shape index (κ3) is 3.22. The summed E-state index contributed by atoms with van der Waals surface area (Å²) in [5.74, 6) is 0.727. The molecule has 1 atom stereocenters. The normalized spacial score (nSPS) is 14.5. The van der Waals surface area contributed by atoms with Crippen LogP contribution in [-0.2, 0) is 10.3 Å². The van der Waals surface area contributed by atoms with Gasteiger partial charge in [-0.15, -0.1) is 0 Å². The van der Waals surface area contributed by atoms with Gasteiger partial charge in [0.25, 0.3) is 0 Å². The lowest BCUT2D eigenvalue weighted by Crippen LogP contribution is -2.22. The summed E-state index contributed by atoms with van der Waals surface area (Å²) < 4.78 is 10.2. The fourth-order valence-corrected chi connectivity index (χ4v) is 1.78. The van der Waals surface area contributed by atoms with Gasteiger partial charge in [-0.25, -0.2) is 0 Å². The van der Waals surface area contributed by atoms with Crippen molar-refractivity contribution in [1.82, 2.24) is 0 Å². The Morgan fingerprint density at radius 2 is 1.94 bits per heavy atom. The van der Waals surface area contributed by atoms with Crippen LogP contribution >= 0.6 is 0 Å². The molecule has 1 unspecified atom stereocenters. The molecule has 0 fully saturated rings. The van der Waals surface area contributed by atoms with E-state index in [4.69, 9.17) is 9.47 Å². The predicted octanol–water partition coefficient (Wildman–Crippen LogP) is 2.33. The van der Waals surface area contributed by atoms with Crippen molar-refractivity contribution in [3.8, 4) is 5.75 Å². The van der Waals surface area contributed by atoms with Crippen LogP contribution in [0.4, 0.5) is 0 Å². The van der Waals surface area contributed by atoms with Crippen molar-refractivity contribution >= 4 is 0 Å². The maximum absolute atomic E-state index is 10.4.